The first kappa shape index (κ1) is 21.1. The first-order chi connectivity index (χ1) is 15.5. The molecule has 3 aromatic rings. The van der Waals surface area contributed by atoms with Gasteiger partial charge < -0.3 is 15.2 Å². The number of nitrogens with zero attached hydrogens (tertiary/aromatic N) is 3. The third kappa shape index (κ3) is 4.77. The van der Waals surface area contributed by atoms with Crippen LogP contribution in [0, 0.1) is 0 Å². The highest BCUT2D eigenvalue weighted by atomic mass is 16.5. The predicted molar refractivity (Wildman–Crippen MR) is 119 cm³/mol. The maximum absolute atomic E-state index is 12.2. The number of aliphatic carboxylic acids is 1. The fraction of sp³-hybridized carbons (Fsp3) is 0.217. The van der Waals surface area contributed by atoms with E-state index in [2.05, 4.69) is 26.8 Å². The Morgan fingerprint density at radius 1 is 1.12 bits per heavy atom. The molecule has 0 aliphatic carbocycles. The number of carboxylic acids is 1. The molecule has 3 N–H and O–H groups in total. The summed E-state index contributed by atoms with van der Waals surface area (Å²) in [7, 11) is 1.62. The summed E-state index contributed by atoms with van der Waals surface area (Å²) >= 11 is 0. The van der Waals surface area contributed by atoms with Crippen LogP contribution in [0.25, 0.3) is 5.70 Å². The van der Waals surface area contributed by atoms with E-state index in [1.165, 1.54) is 0 Å². The zero-order valence-electron chi connectivity index (χ0n) is 17.5. The Morgan fingerprint density at radius 3 is 2.56 bits per heavy atom. The quantitative estimate of drug-likeness (QED) is 0.497. The second-order valence-electron chi connectivity index (χ2n) is 7.29. The van der Waals surface area contributed by atoms with Crippen molar-refractivity contribution in [1.82, 2.24) is 14.8 Å². The minimum absolute atomic E-state index is 0.0635. The van der Waals surface area contributed by atoms with Crippen LogP contribution in [0.5, 0.6) is 5.75 Å². The molecule has 1 aliphatic heterocycles. The number of anilines is 2. The zero-order valence-corrected chi connectivity index (χ0v) is 17.5. The van der Waals surface area contributed by atoms with Crippen molar-refractivity contribution < 1.29 is 19.4 Å². The molecule has 9 heteroatoms. The molecule has 2 heterocycles. The van der Waals surface area contributed by atoms with Crippen molar-refractivity contribution >= 4 is 29.5 Å². The van der Waals surface area contributed by atoms with Crippen molar-refractivity contribution in [2.75, 3.05) is 17.7 Å². The Hall–Kier alpha value is -4.14. The summed E-state index contributed by atoms with van der Waals surface area (Å²) in [5.41, 5.74) is 2.86. The van der Waals surface area contributed by atoms with E-state index in [1.807, 2.05) is 54.6 Å². The summed E-state index contributed by atoms with van der Waals surface area (Å²) in [5.74, 6) is 0.149. The molecule has 0 unspecified atom stereocenters. The topological polar surface area (TPSA) is 118 Å². The number of aromatic nitrogens is 3. The molecular formula is C23H23N5O4. The van der Waals surface area contributed by atoms with Crippen LogP contribution in [0.4, 0.5) is 11.9 Å². The average molecular weight is 433 g/mol. The van der Waals surface area contributed by atoms with Crippen LogP contribution < -0.4 is 15.4 Å². The number of carbonyl (C=O) groups is 2. The minimum Gasteiger partial charge on any atom is -0.497 e. The molecule has 0 radical (unpaired) electrons. The van der Waals surface area contributed by atoms with Gasteiger partial charge in [0.2, 0.25) is 11.9 Å². The normalized spacial score (nSPS) is 14.7. The fourth-order valence-electron chi connectivity index (χ4n) is 3.46. The lowest BCUT2D eigenvalue weighted by atomic mass is 10.0. The lowest BCUT2D eigenvalue weighted by molar-refractivity contribution is -0.137. The molecule has 0 spiro atoms. The van der Waals surface area contributed by atoms with E-state index in [1.54, 1.807) is 11.8 Å². The van der Waals surface area contributed by atoms with Crippen LogP contribution in [0.15, 0.2) is 60.7 Å². The molecule has 4 rings (SSSR count). The van der Waals surface area contributed by atoms with Crippen molar-refractivity contribution in [2.45, 2.75) is 25.3 Å². The number of benzene rings is 2. The van der Waals surface area contributed by atoms with Crippen LogP contribution >= 0.6 is 0 Å². The Kier molecular flexibility index (Phi) is 6.16. The van der Waals surface area contributed by atoms with Crippen LogP contribution in [-0.2, 0) is 9.59 Å². The van der Waals surface area contributed by atoms with Crippen molar-refractivity contribution in [1.29, 1.82) is 0 Å². The monoisotopic (exact) mass is 433 g/mol. The molecule has 32 heavy (non-hydrogen) atoms. The van der Waals surface area contributed by atoms with Gasteiger partial charge in [0.1, 0.15) is 11.8 Å². The number of allylic oxidation sites excluding steroid dienone is 1. The van der Waals surface area contributed by atoms with Crippen molar-refractivity contribution in [3.63, 3.8) is 0 Å². The summed E-state index contributed by atoms with van der Waals surface area (Å²) in [6.45, 7) is 0. The van der Waals surface area contributed by atoms with Gasteiger partial charge in [-0.25, -0.2) is 4.68 Å². The second-order valence-corrected chi connectivity index (χ2v) is 7.29. The number of amides is 1. The van der Waals surface area contributed by atoms with Crippen LogP contribution in [-0.4, -0.2) is 38.9 Å². The molecule has 0 saturated carbocycles. The molecule has 1 aliphatic rings. The van der Waals surface area contributed by atoms with Gasteiger partial charge in [-0.05, 0) is 35.8 Å². The van der Waals surface area contributed by atoms with E-state index in [0.29, 0.717) is 5.95 Å². The third-order valence-electron chi connectivity index (χ3n) is 5.05. The maximum atomic E-state index is 12.2. The molecule has 0 bridgehead atoms. The molecule has 9 nitrogen and oxygen atoms in total. The first-order valence-corrected chi connectivity index (χ1v) is 10.2. The highest BCUT2D eigenvalue weighted by Gasteiger charge is 2.26. The number of fused-ring (bicyclic) bond motifs is 1. The summed E-state index contributed by atoms with van der Waals surface area (Å²) in [5, 5.41) is 19.2. The molecule has 2 aromatic carbocycles. The number of methoxy groups -OCH3 is 1. The first-order valence-electron chi connectivity index (χ1n) is 10.2. The number of carbonyl (C=O) groups excluding carboxylic acids is 1. The van der Waals surface area contributed by atoms with Gasteiger partial charge in [-0.1, -0.05) is 42.5 Å². The number of rotatable bonds is 8. The van der Waals surface area contributed by atoms with Crippen molar-refractivity contribution in [3.05, 3.63) is 71.8 Å². The highest BCUT2D eigenvalue weighted by molar-refractivity contribution is 5.89. The van der Waals surface area contributed by atoms with E-state index in [4.69, 9.17) is 9.84 Å². The van der Waals surface area contributed by atoms with Crippen LogP contribution in [0.1, 0.15) is 36.4 Å². The van der Waals surface area contributed by atoms with Gasteiger partial charge in [-0.3, -0.25) is 14.9 Å². The van der Waals surface area contributed by atoms with Gasteiger partial charge >= 0.3 is 5.97 Å². The van der Waals surface area contributed by atoms with Gasteiger partial charge in [-0.2, -0.15) is 4.98 Å². The van der Waals surface area contributed by atoms with E-state index < -0.39 is 5.97 Å². The second kappa shape index (κ2) is 9.34. The number of ether oxygens (including phenoxy) is 1. The van der Waals surface area contributed by atoms with E-state index in [0.717, 1.165) is 22.6 Å². The molecular weight excluding hydrogens is 410 g/mol. The van der Waals surface area contributed by atoms with Gasteiger partial charge in [0.25, 0.3) is 5.95 Å². The summed E-state index contributed by atoms with van der Waals surface area (Å²) in [6, 6.07) is 17.3. The summed E-state index contributed by atoms with van der Waals surface area (Å²) in [6.07, 6.45) is 2.32. The molecule has 164 valence electrons. The molecule has 1 amide bonds. The Morgan fingerprint density at radius 2 is 1.88 bits per heavy atom. The lowest BCUT2D eigenvalue weighted by Crippen LogP contribution is -2.20. The third-order valence-corrected chi connectivity index (χ3v) is 5.05. The van der Waals surface area contributed by atoms with Crippen LogP contribution in [0.3, 0.4) is 0 Å². The molecule has 1 aromatic heterocycles. The van der Waals surface area contributed by atoms with Gasteiger partial charge in [0, 0.05) is 18.5 Å². The fourth-order valence-corrected chi connectivity index (χ4v) is 3.46. The SMILES string of the molecule is COc1ccc([C@H]2C=C(c3ccccc3)Nc3nc(NC(=O)CCCC(=O)O)nn32)cc1. The Balaban J connectivity index is 1.62. The Bertz CT molecular complexity index is 1140. The number of hydrogen-bond donors (Lipinski definition) is 3. The number of carboxylic acid groups (broad SMARTS) is 1. The number of nitrogens with one attached hydrogen (secondary N) is 2. The summed E-state index contributed by atoms with van der Waals surface area (Å²) < 4.78 is 6.97. The summed E-state index contributed by atoms with van der Waals surface area (Å²) in [4.78, 5) is 27.3. The Labute approximate surface area is 184 Å². The van der Waals surface area contributed by atoms with E-state index in [-0.39, 0.29) is 37.2 Å². The zero-order chi connectivity index (χ0) is 22.5. The van der Waals surface area contributed by atoms with Crippen molar-refractivity contribution in [3.8, 4) is 5.75 Å². The molecule has 0 saturated heterocycles. The van der Waals surface area contributed by atoms with Gasteiger partial charge in [-0.15, -0.1) is 5.10 Å². The maximum Gasteiger partial charge on any atom is 0.303 e. The number of hydrogen-bond acceptors (Lipinski definition) is 6. The largest absolute Gasteiger partial charge is 0.497 e. The molecule has 1 atom stereocenters. The highest BCUT2D eigenvalue weighted by Crippen LogP contribution is 2.33. The van der Waals surface area contributed by atoms with Crippen LogP contribution in [0.2, 0.25) is 0 Å². The molecule has 0 fully saturated rings. The van der Waals surface area contributed by atoms with E-state index >= 15 is 0 Å². The van der Waals surface area contributed by atoms with Crippen molar-refractivity contribution in [2.24, 2.45) is 0 Å². The predicted octanol–water partition coefficient (Wildman–Crippen LogP) is 3.54. The smallest absolute Gasteiger partial charge is 0.303 e. The standard InChI is InChI=1S/C23H23N5O4/c1-32-17-12-10-16(11-13-17)19-14-18(15-6-3-2-4-7-15)24-23-26-22(27-28(19)23)25-20(29)8-5-9-21(30)31/h2-4,6-7,10-14,19H,5,8-9H2,1H3,(H,30,31)(H2,24,25,26,27,29)/t19-/m1/s1. The minimum atomic E-state index is -0.931. The van der Waals surface area contributed by atoms with Gasteiger partial charge in [0.15, 0.2) is 0 Å². The van der Waals surface area contributed by atoms with Gasteiger partial charge in [0.05, 0.1) is 7.11 Å². The van der Waals surface area contributed by atoms with E-state index in [9.17, 15) is 9.59 Å². The average Bonchev–Trinajstić information content (AvgIpc) is 3.21. The lowest BCUT2D eigenvalue weighted by Gasteiger charge is -2.24.